The van der Waals surface area contributed by atoms with Crippen LogP contribution in [-0.2, 0) is 9.53 Å². The summed E-state index contributed by atoms with van der Waals surface area (Å²) in [5.74, 6) is 0.208. The maximum absolute atomic E-state index is 13.2. The topological polar surface area (TPSA) is 75.0 Å². The maximum Gasteiger partial charge on any atom is 0.344 e. The van der Waals surface area contributed by atoms with E-state index in [0.29, 0.717) is 27.3 Å². The summed E-state index contributed by atoms with van der Waals surface area (Å²) in [6.45, 7) is 1.67. The van der Waals surface area contributed by atoms with E-state index in [1.54, 1.807) is 36.4 Å². The van der Waals surface area contributed by atoms with Crippen molar-refractivity contribution in [3.63, 3.8) is 0 Å². The molecule has 3 aromatic carbocycles. The van der Waals surface area contributed by atoms with Gasteiger partial charge in [0.1, 0.15) is 24.5 Å². The lowest BCUT2D eigenvalue weighted by Crippen LogP contribution is -2.21. The molecule has 0 saturated carbocycles. The second-order valence-corrected chi connectivity index (χ2v) is 7.70. The smallest absolute Gasteiger partial charge is 0.344 e. The van der Waals surface area contributed by atoms with E-state index >= 15 is 0 Å². The lowest BCUT2D eigenvalue weighted by atomic mass is 10.1. The molecule has 0 amide bonds. The molecule has 0 fully saturated rings. The number of halogens is 1. The molecule has 1 aromatic heterocycles. The first kappa shape index (κ1) is 22.4. The summed E-state index contributed by atoms with van der Waals surface area (Å²) in [6.07, 6.45) is 0. The van der Waals surface area contributed by atoms with Crippen LogP contribution in [-0.4, -0.2) is 25.8 Å². The minimum Gasteiger partial charge on any atom is -0.490 e. The molecule has 0 unspecified atom stereocenters. The summed E-state index contributed by atoms with van der Waals surface area (Å²) in [6, 6.07) is 21.3. The minimum atomic E-state index is -0.627. The fraction of sp³-hybridized carbons (Fsp3) is 0.154. The highest BCUT2D eigenvalue weighted by molar-refractivity contribution is 6.30. The van der Waals surface area contributed by atoms with Crippen LogP contribution in [0.2, 0.25) is 5.02 Å². The van der Waals surface area contributed by atoms with Gasteiger partial charge in [-0.15, -0.1) is 0 Å². The number of para-hydroxylation sites is 1. The third-order valence-corrected chi connectivity index (χ3v) is 5.06. The van der Waals surface area contributed by atoms with Gasteiger partial charge < -0.3 is 18.6 Å². The van der Waals surface area contributed by atoms with Gasteiger partial charge in [0.25, 0.3) is 0 Å². The zero-order valence-electron chi connectivity index (χ0n) is 17.9. The van der Waals surface area contributed by atoms with Crippen molar-refractivity contribution >= 4 is 28.5 Å². The summed E-state index contributed by atoms with van der Waals surface area (Å²) in [7, 11) is 0. The van der Waals surface area contributed by atoms with Crippen LogP contribution in [0.3, 0.4) is 0 Å². The van der Waals surface area contributed by atoms with Crippen molar-refractivity contribution in [2.45, 2.75) is 6.92 Å². The van der Waals surface area contributed by atoms with E-state index in [0.717, 1.165) is 5.56 Å². The van der Waals surface area contributed by atoms with Crippen molar-refractivity contribution in [1.82, 2.24) is 0 Å². The monoisotopic (exact) mass is 464 g/mol. The lowest BCUT2D eigenvalue weighted by molar-refractivity contribution is -0.146. The summed E-state index contributed by atoms with van der Waals surface area (Å²) >= 11 is 5.99. The standard InChI is InChI=1S/C26H21ClO6/c1-17-7-12-22-21(15-17)24(29)26(25(33-22)18-8-10-19(27)11-9-18)32-16-23(28)31-14-13-30-20-5-3-2-4-6-20/h2-12,15H,13-14,16H2,1H3. The van der Waals surface area contributed by atoms with E-state index in [2.05, 4.69) is 0 Å². The molecule has 1 heterocycles. The molecule has 4 rings (SSSR count). The number of esters is 1. The maximum atomic E-state index is 13.2. The van der Waals surface area contributed by atoms with Crippen LogP contribution in [0.5, 0.6) is 11.5 Å². The second-order valence-electron chi connectivity index (χ2n) is 7.27. The minimum absolute atomic E-state index is 0.0483. The number of ether oxygens (including phenoxy) is 3. The van der Waals surface area contributed by atoms with Crippen molar-refractivity contribution in [3.05, 3.63) is 93.6 Å². The fourth-order valence-electron chi connectivity index (χ4n) is 3.22. The average molecular weight is 465 g/mol. The van der Waals surface area contributed by atoms with E-state index in [1.807, 2.05) is 43.3 Å². The molecule has 4 aromatic rings. The highest BCUT2D eigenvalue weighted by atomic mass is 35.5. The predicted molar refractivity (Wildman–Crippen MR) is 126 cm³/mol. The molecule has 0 saturated heterocycles. The molecule has 0 atom stereocenters. The second kappa shape index (κ2) is 10.2. The number of carbonyl (C=O) groups is 1. The van der Waals surface area contributed by atoms with E-state index in [-0.39, 0.29) is 30.2 Å². The molecular formula is C26H21ClO6. The largest absolute Gasteiger partial charge is 0.490 e. The van der Waals surface area contributed by atoms with Gasteiger partial charge in [-0.05, 0) is 55.5 Å². The quantitative estimate of drug-likeness (QED) is 0.256. The molecule has 0 N–H and O–H groups in total. The zero-order chi connectivity index (χ0) is 23.2. The van der Waals surface area contributed by atoms with Crippen molar-refractivity contribution in [1.29, 1.82) is 0 Å². The van der Waals surface area contributed by atoms with Gasteiger partial charge in [0.2, 0.25) is 11.2 Å². The van der Waals surface area contributed by atoms with Gasteiger partial charge in [-0.25, -0.2) is 4.79 Å². The summed E-state index contributed by atoms with van der Waals surface area (Å²) < 4.78 is 22.3. The van der Waals surface area contributed by atoms with Gasteiger partial charge >= 0.3 is 5.97 Å². The van der Waals surface area contributed by atoms with Crippen LogP contribution in [0.1, 0.15) is 5.56 Å². The normalized spacial score (nSPS) is 10.7. The Balaban J connectivity index is 1.50. The number of hydrogen-bond donors (Lipinski definition) is 0. The molecule has 0 aliphatic rings. The molecule has 0 bridgehead atoms. The van der Waals surface area contributed by atoms with E-state index in [9.17, 15) is 9.59 Å². The Hall–Kier alpha value is -3.77. The number of fused-ring (bicyclic) bond motifs is 1. The molecule has 33 heavy (non-hydrogen) atoms. The molecule has 168 valence electrons. The van der Waals surface area contributed by atoms with Crippen molar-refractivity contribution in [3.8, 4) is 22.8 Å². The Kier molecular flexibility index (Phi) is 6.95. The van der Waals surface area contributed by atoms with Gasteiger partial charge in [-0.2, -0.15) is 0 Å². The fourth-order valence-corrected chi connectivity index (χ4v) is 3.34. The Morgan fingerprint density at radius 2 is 1.70 bits per heavy atom. The van der Waals surface area contributed by atoms with Gasteiger partial charge in [-0.3, -0.25) is 4.79 Å². The Morgan fingerprint density at radius 3 is 2.45 bits per heavy atom. The SMILES string of the molecule is Cc1ccc2oc(-c3ccc(Cl)cc3)c(OCC(=O)OCCOc3ccccc3)c(=O)c2c1. The molecule has 7 heteroatoms. The van der Waals surface area contributed by atoms with Crippen LogP contribution in [0.4, 0.5) is 0 Å². The van der Waals surface area contributed by atoms with Gasteiger partial charge in [0, 0.05) is 10.6 Å². The summed E-state index contributed by atoms with van der Waals surface area (Å²) in [5, 5.41) is 0.911. The van der Waals surface area contributed by atoms with E-state index < -0.39 is 12.6 Å². The number of rotatable bonds is 8. The third kappa shape index (κ3) is 5.54. The van der Waals surface area contributed by atoms with Crippen molar-refractivity contribution in [2.75, 3.05) is 19.8 Å². The first-order valence-electron chi connectivity index (χ1n) is 10.3. The summed E-state index contributed by atoms with van der Waals surface area (Å²) in [5.41, 5.74) is 1.55. The zero-order valence-corrected chi connectivity index (χ0v) is 18.6. The van der Waals surface area contributed by atoms with Crippen LogP contribution < -0.4 is 14.9 Å². The average Bonchev–Trinajstić information content (AvgIpc) is 2.83. The first-order chi connectivity index (χ1) is 16.0. The Morgan fingerprint density at radius 1 is 0.939 bits per heavy atom. The van der Waals surface area contributed by atoms with Crippen LogP contribution in [0.15, 0.2) is 82.0 Å². The highest BCUT2D eigenvalue weighted by Gasteiger charge is 2.19. The molecule has 0 aliphatic carbocycles. The van der Waals surface area contributed by atoms with Crippen molar-refractivity contribution < 1.29 is 23.4 Å². The summed E-state index contributed by atoms with van der Waals surface area (Å²) in [4.78, 5) is 25.4. The molecule has 0 spiro atoms. The van der Waals surface area contributed by atoms with Crippen LogP contribution in [0.25, 0.3) is 22.3 Å². The number of aryl methyl sites for hydroxylation is 1. The molecule has 0 radical (unpaired) electrons. The predicted octanol–water partition coefficient (Wildman–Crippen LogP) is 5.42. The van der Waals surface area contributed by atoms with Gasteiger partial charge in [0.05, 0.1) is 5.39 Å². The van der Waals surface area contributed by atoms with Crippen molar-refractivity contribution in [2.24, 2.45) is 0 Å². The first-order valence-corrected chi connectivity index (χ1v) is 10.7. The molecule has 0 aliphatic heterocycles. The Bertz CT molecular complexity index is 1310. The molecular weight excluding hydrogens is 444 g/mol. The van der Waals surface area contributed by atoms with E-state index in [4.69, 9.17) is 30.2 Å². The lowest BCUT2D eigenvalue weighted by Gasteiger charge is -2.12. The van der Waals surface area contributed by atoms with Crippen LogP contribution >= 0.6 is 11.6 Å². The number of carbonyl (C=O) groups excluding carboxylic acids is 1. The van der Waals surface area contributed by atoms with Crippen LogP contribution in [0, 0.1) is 6.92 Å². The number of hydrogen-bond acceptors (Lipinski definition) is 6. The molecule has 6 nitrogen and oxygen atoms in total. The van der Waals surface area contributed by atoms with Gasteiger partial charge in [0.15, 0.2) is 12.4 Å². The van der Waals surface area contributed by atoms with E-state index in [1.165, 1.54) is 0 Å². The number of benzene rings is 3. The highest BCUT2D eigenvalue weighted by Crippen LogP contribution is 2.32. The third-order valence-electron chi connectivity index (χ3n) is 4.80. The Labute approximate surface area is 195 Å². The van der Waals surface area contributed by atoms with Gasteiger partial charge in [-0.1, -0.05) is 41.4 Å².